The van der Waals surface area contributed by atoms with Gasteiger partial charge in [0, 0.05) is 18.3 Å². The van der Waals surface area contributed by atoms with Crippen molar-refractivity contribution in [1.29, 1.82) is 0 Å². The van der Waals surface area contributed by atoms with Crippen LogP contribution in [0.3, 0.4) is 0 Å². The van der Waals surface area contributed by atoms with Gasteiger partial charge in [-0.2, -0.15) is 5.10 Å². The van der Waals surface area contributed by atoms with Crippen LogP contribution in [0.5, 0.6) is 11.5 Å². The summed E-state index contributed by atoms with van der Waals surface area (Å²) in [5, 5.41) is 7.56. The minimum absolute atomic E-state index is 0.226. The molecule has 0 radical (unpaired) electrons. The molecular weight excluding hydrogens is 354 g/mol. The summed E-state index contributed by atoms with van der Waals surface area (Å²) in [7, 11) is 3.50. The Labute approximate surface area is 163 Å². The number of nitrogens with zero attached hydrogens (tertiary/aromatic N) is 2. The Balaban J connectivity index is 1.58. The van der Waals surface area contributed by atoms with Gasteiger partial charge in [-0.05, 0) is 55.7 Å². The number of carbonyl (C=O) groups is 1. The molecule has 0 bridgehead atoms. The second kappa shape index (κ2) is 6.12. The molecule has 1 fully saturated rings. The highest BCUT2D eigenvalue weighted by Gasteiger charge is 2.50. The molecule has 1 aromatic heterocycles. The van der Waals surface area contributed by atoms with Crippen molar-refractivity contribution in [1.82, 2.24) is 9.78 Å². The lowest BCUT2D eigenvalue weighted by atomic mass is 9.71. The van der Waals surface area contributed by atoms with E-state index in [2.05, 4.69) is 10.4 Å². The molecular formula is C22H21N3O3. The number of amides is 1. The summed E-state index contributed by atoms with van der Waals surface area (Å²) in [6.07, 6.45) is 2.86. The molecule has 2 heterocycles. The molecule has 1 N–H and O–H groups in total. The van der Waals surface area contributed by atoms with E-state index < -0.39 is 5.60 Å². The van der Waals surface area contributed by atoms with E-state index in [9.17, 15) is 4.79 Å². The SMILES string of the molecule is COc1ccc(NC(=O)c2nn(C)c3c2C2(CCC2)Oc2ccccc2-3)cc1. The van der Waals surface area contributed by atoms with Crippen LogP contribution in [0.1, 0.15) is 35.3 Å². The number of aryl methyl sites for hydroxylation is 1. The number of rotatable bonds is 3. The van der Waals surface area contributed by atoms with Gasteiger partial charge in [0.1, 0.15) is 17.1 Å². The van der Waals surface area contributed by atoms with Crippen molar-refractivity contribution < 1.29 is 14.3 Å². The molecule has 1 saturated carbocycles. The molecule has 0 saturated heterocycles. The monoisotopic (exact) mass is 375 g/mol. The van der Waals surface area contributed by atoms with Crippen LogP contribution in [0, 0.1) is 0 Å². The molecule has 142 valence electrons. The molecule has 1 aliphatic heterocycles. The van der Waals surface area contributed by atoms with Crippen molar-refractivity contribution >= 4 is 11.6 Å². The number of anilines is 1. The number of hydrogen-bond acceptors (Lipinski definition) is 4. The molecule has 0 atom stereocenters. The Kier molecular flexibility index (Phi) is 3.69. The zero-order valence-corrected chi connectivity index (χ0v) is 15.9. The number of carbonyl (C=O) groups excluding carboxylic acids is 1. The van der Waals surface area contributed by atoms with Crippen LogP contribution in [0.25, 0.3) is 11.3 Å². The molecule has 1 amide bonds. The number of methoxy groups -OCH3 is 1. The Morgan fingerprint density at radius 3 is 2.61 bits per heavy atom. The van der Waals surface area contributed by atoms with Crippen LogP contribution in [0.4, 0.5) is 5.69 Å². The standard InChI is InChI=1S/C22H21N3O3/c1-25-20-16-6-3-4-7-17(16)28-22(12-5-13-22)18(20)19(24-25)21(26)23-14-8-10-15(27-2)11-9-14/h3-4,6-11H,5,12-13H2,1-2H3,(H,23,26). The first kappa shape index (κ1) is 16.9. The van der Waals surface area contributed by atoms with Crippen LogP contribution in [-0.4, -0.2) is 22.8 Å². The predicted octanol–water partition coefficient (Wildman–Crippen LogP) is 4.12. The maximum absolute atomic E-state index is 13.1. The van der Waals surface area contributed by atoms with Gasteiger partial charge in [0.05, 0.1) is 18.4 Å². The second-order valence-corrected chi connectivity index (χ2v) is 7.32. The van der Waals surface area contributed by atoms with E-state index in [4.69, 9.17) is 9.47 Å². The van der Waals surface area contributed by atoms with Gasteiger partial charge in [0.2, 0.25) is 0 Å². The summed E-state index contributed by atoms with van der Waals surface area (Å²) in [5.41, 5.74) is 3.54. The van der Waals surface area contributed by atoms with Crippen LogP contribution >= 0.6 is 0 Å². The van der Waals surface area contributed by atoms with Crippen molar-refractivity contribution in [3.63, 3.8) is 0 Å². The fraction of sp³-hybridized carbons (Fsp3) is 0.273. The molecule has 6 nitrogen and oxygen atoms in total. The van der Waals surface area contributed by atoms with Gasteiger partial charge in [-0.15, -0.1) is 0 Å². The van der Waals surface area contributed by atoms with Crippen molar-refractivity contribution in [2.75, 3.05) is 12.4 Å². The summed E-state index contributed by atoms with van der Waals surface area (Å²) < 4.78 is 13.4. The minimum atomic E-state index is -0.454. The summed E-state index contributed by atoms with van der Waals surface area (Å²) in [6, 6.07) is 15.2. The Morgan fingerprint density at radius 2 is 1.93 bits per heavy atom. The third kappa shape index (κ3) is 2.41. The first-order chi connectivity index (χ1) is 13.6. The summed E-state index contributed by atoms with van der Waals surface area (Å²) in [6.45, 7) is 0. The summed E-state index contributed by atoms with van der Waals surface area (Å²) in [4.78, 5) is 13.1. The average Bonchev–Trinajstić information content (AvgIpc) is 3.05. The topological polar surface area (TPSA) is 65.4 Å². The maximum atomic E-state index is 13.1. The van der Waals surface area contributed by atoms with E-state index in [-0.39, 0.29) is 5.91 Å². The van der Waals surface area contributed by atoms with Gasteiger partial charge >= 0.3 is 0 Å². The number of ether oxygens (including phenoxy) is 2. The van der Waals surface area contributed by atoms with Crippen LogP contribution in [0.15, 0.2) is 48.5 Å². The van der Waals surface area contributed by atoms with E-state index in [1.807, 2.05) is 55.6 Å². The number of nitrogens with one attached hydrogen (secondary N) is 1. The van der Waals surface area contributed by atoms with Crippen molar-refractivity contribution in [3.8, 4) is 22.8 Å². The average molecular weight is 375 g/mol. The van der Waals surface area contributed by atoms with Crippen LogP contribution in [-0.2, 0) is 12.6 Å². The Morgan fingerprint density at radius 1 is 1.18 bits per heavy atom. The van der Waals surface area contributed by atoms with Crippen molar-refractivity contribution in [3.05, 3.63) is 59.8 Å². The molecule has 1 aliphatic carbocycles. The maximum Gasteiger partial charge on any atom is 0.276 e. The molecule has 0 unspecified atom stereocenters. The Hall–Kier alpha value is -3.28. The zero-order chi connectivity index (χ0) is 19.3. The van der Waals surface area contributed by atoms with E-state index in [1.165, 1.54) is 0 Å². The van der Waals surface area contributed by atoms with Crippen LogP contribution in [0.2, 0.25) is 0 Å². The van der Waals surface area contributed by atoms with Crippen molar-refractivity contribution in [2.24, 2.45) is 7.05 Å². The largest absolute Gasteiger partial charge is 0.497 e. The Bertz CT molecular complexity index is 1070. The fourth-order valence-corrected chi connectivity index (χ4v) is 4.15. The lowest BCUT2D eigenvalue weighted by molar-refractivity contribution is -0.0150. The molecule has 3 aromatic rings. The quantitative estimate of drug-likeness (QED) is 0.748. The lowest BCUT2D eigenvalue weighted by Gasteiger charge is -2.45. The molecule has 2 aliphatic rings. The third-order valence-electron chi connectivity index (χ3n) is 5.67. The van der Waals surface area contributed by atoms with Gasteiger partial charge in [-0.25, -0.2) is 0 Å². The summed E-state index contributed by atoms with van der Waals surface area (Å²) >= 11 is 0. The first-order valence-corrected chi connectivity index (χ1v) is 9.42. The van der Waals surface area contributed by atoms with Gasteiger partial charge in [-0.3, -0.25) is 9.48 Å². The van der Waals surface area contributed by atoms with E-state index in [0.717, 1.165) is 47.6 Å². The molecule has 6 heteroatoms. The van der Waals surface area contributed by atoms with Gasteiger partial charge in [-0.1, -0.05) is 12.1 Å². The number of aromatic nitrogens is 2. The first-order valence-electron chi connectivity index (χ1n) is 9.42. The zero-order valence-electron chi connectivity index (χ0n) is 15.9. The fourth-order valence-electron chi connectivity index (χ4n) is 4.15. The highest BCUT2D eigenvalue weighted by Crippen LogP contribution is 2.54. The highest BCUT2D eigenvalue weighted by atomic mass is 16.5. The normalized spacial score (nSPS) is 15.8. The smallest absolute Gasteiger partial charge is 0.276 e. The second-order valence-electron chi connectivity index (χ2n) is 7.32. The predicted molar refractivity (Wildman–Crippen MR) is 106 cm³/mol. The van der Waals surface area contributed by atoms with E-state index in [1.54, 1.807) is 11.8 Å². The molecule has 1 spiro atoms. The number of benzene rings is 2. The molecule has 28 heavy (non-hydrogen) atoms. The van der Waals surface area contributed by atoms with Gasteiger partial charge in [0.25, 0.3) is 5.91 Å². The number of para-hydroxylation sites is 1. The molecule has 5 rings (SSSR count). The lowest BCUT2D eigenvalue weighted by Crippen LogP contribution is -2.43. The molecule has 2 aromatic carbocycles. The minimum Gasteiger partial charge on any atom is -0.497 e. The number of fused-ring (bicyclic) bond motifs is 4. The van der Waals surface area contributed by atoms with Crippen molar-refractivity contribution in [2.45, 2.75) is 24.9 Å². The third-order valence-corrected chi connectivity index (χ3v) is 5.67. The van der Waals surface area contributed by atoms with E-state index >= 15 is 0 Å². The highest BCUT2D eigenvalue weighted by molar-refractivity contribution is 6.05. The van der Waals surface area contributed by atoms with Gasteiger partial charge < -0.3 is 14.8 Å². The number of hydrogen-bond donors (Lipinski definition) is 1. The van der Waals surface area contributed by atoms with Crippen LogP contribution < -0.4 is 14.8 Å². The van der Waals surface area contributed by atoms with E-state index in [0.29, 0.717) is 11.4 Å². The summed E-state index contributed by atoms with van der Waals surface area (Å²) in [5.74, 6) is 1.38. The van der Waals surface area contributed by atoms with Gasteiger partial charge in [0.15, 0.2) is 5.69 Å².